The molecule has 2 rings (SSSR count). The molecule has 0 bridgehead atoms. The van der Waals surface area contributed by atoms with Crippen LogP contribution in [-0.4, -0.2) is 32.7 Å². The predicted octanol–water partition coefficient (Wildman–Crippen LogP) is 2.31. The Hall–Kier alpha value is -1.73. The lowest BCUT2D eigenvalue weighted by atomic mass is 10.1. The largest absolute Gasteiger partial charge is 0.398 e. The van der Waals surface area contributed by atoms with Gasteiger partial charge in [-0.2, -0.15) is 4.31 Å². The maximum atomic E-state index is 12.4. The van der Waals surface area contributed by atoms with Crippen molar-refractivity contribution in [2.24, 2.45) is 0 Å². The number of hydrogen-bond donors (Lipinski definition) is 1. The van der Waals surface area contributed by atoms with Gasteiger partial charge in [0.25, 0.3) is 6.43 Å². The molecule has 0 unspecified atom stereocenters. The Bertz CT molecular complexity index is 732. The summed E-state index contributed by atoms with van der Waals surface area (Å²) in [4.78, 5) is -0.0227. The molecule has 0 saturated carbocycles. The molecule has 2 aromatic rings. The molecule has 108 valence electrons. The van der Waals surface area contributed by atoms with Crippen LogP contribution in [0.5, 0.6) is 0 Å². The van der Waals surface area contributed by atoms with Gasteiger partial charge >= 0.3 is 0 Å². The molecule has 0 aliphatic carbocycles. The van der Waals surface area contributed by atoms with Gasteiger partial charge in [-0.25, -0.2) is 17.2 Å². The van der Waals surface area contributed by atoms with E-state index in [1.807, 2.05) is 0 Å². The number of fused-ring (bicyclic) bond motifs is 1. The first-order chi connectivity index (χ1) is 9.34. The van der Waals surface area contributed by atoms with Crippen LogP contribution in [0.1, 0.15) is 0 Å². The molecule has 2 aromatic carbocycles. The van der Waals surface area contributed by atoms with E-state index in [9.17, 15) is 17.2 Å². The van der Waals surface area contributed by atoms with Crippen LogP contribution in [0.25, 0.3) is 10.8 Å². The highest BCUT2D eigenvalue weighted by atomic mass is 32.2. The standard InChI is InChI=1S/C13H14F2N2O2S/c1-17(8-13(14)15)20(18,19)12-7-6-11(16)9-4-2-3-5-10(9)12/h2-7,13H,8,16H2,1H3. The summed E-state index contributed by atoms with van der Waals surface area (Å²) in [6, 6.07) is 9.51. The van der Waals surface area contributed by atoms with Gasteiger partial charge in [0.15, 0.2) is 0 Å². The summed E-state index contributed by atoms with van der Waals surface area (Å²) in [7, 11) is -2.85. The highest BCUT2D eigenvalue weighted by molar-refractivity contribution is 7.89. The fourth-order valence-electron chi connectivity index (χ4n) is 1.98. The van der Waals surface area contributed by atoms with Gasteiger partial charge in [-0.15, -0.1) is 0 Å². The van der Waals surface area contributed by atoms with E-state index in [0.717, 1.165) is 7.05 Å². The monoisotopic (exact) mass is 300 g/mol. The Balaban J connectivity index is 2.61. The molecule has 0 aliphatic rings. The molecule has 0 spiro atoms. The molecule has 2 N–H and O–H groups in total. The minimum atomic E-state index is -3.98. The number of hydrogen-bond acceptors (Lipinski definition) is 3. The van der Waals surface area contributed by atoms with Crippen molar-refractivity contribution in [1.29, 1.82) is 0 Å². The van der Waals surface area contributed by atoms with E-state index in [-0.39, 0.29) is 4.90 Å². The molecule has 0 radical (unpaired) electrons. The summed E-state index contributed by atoms with van der Waals surface area (Å²) in [5, 5.41) is 1.01. The zero-order valence-electron chi connectivity index (χ0n) is 10.8. The van der Waals surface area contributed by atoms with E-state index in [1.165, 1.54) is 12.1 Å². The molecule has 0 fully saturated rings. The van der Waals surface area contributed by atoms with Gasteiger partial charge in [0, 0.05) is 23.5 Å². The van der Waals surface area contributed by atoms with Crippen LogP contribution in [0.15, 0.2) is 41.3 Å². The minimum Gasteiger partial charge on any atom is -0.398 e. The number of alkyl halides is 2. The van der Waals surface area contributed by atoms with E-state index >= 15 is 0 Å². The molecular formula is C13H14F2N2O2S. The summed E-state index contributed by atoms with van der Waals surface area (Å²) >= 11 is 0. The highest BCUT2D eigenvalue weighted by Crippen LogP contribution is 2.29. The average molecular weight is 300 g/mol. The molecule has 4 nitrogen and oxygen atoms in total. The third-order valence-corrected chi connectivity index (χ3v) is 4.88. The Kier molecular flexibility index (Phi) is 3.92. The van der Waals surface area contributed by atoms with Gasteiger partial charge in [0.1, 0.15) is 0 Å². The third-order valence-electron chi connectivity index (χ3n) is 3.00. The van der Waals surface area contributed by atoms with Crippen molar-refractivity contribution in [1.82, 2.24) is 4.31 Å². The zero-order chi connectivity index (χ0) is 14.9. The van der Waals surface area contributed by atoms with Crippen LogP contribution in [0.4, 0.5) is 14.5 Å². The van der Waals surface area contributed by atoms with Crippen LogP contribution in [-0.2, 0) is 10.0 Å². The second kappa shape index (κ2) is 5.34. The van der Waals surface area contributed by atoms with E-state index in [2.05, 4.69) is 0 Å². The van der Waals surface area contributed by atoms with Gasteiger partial charge < -0.3 is 5.73 Å². The fourth-order valence-corrected chi connectivity index (χ4v) is 3.32. The van der Waals surface area contributed by atoms with E-state index in [1.54, 1.807) is 24.3 Å². The number of sulfonamides is 1. The van der Waals surface area contributed by atoms with Crippen LogP contribution in [0, 0.1) is 0 Å². The van der Waals surface area contributed by atoms with Gasteiger partial charge in [-0.05, 0) is 12.1 Å². The molecule has 0 saturated heterocycles. The summed E-state index contributed by atoms with van der Waals surface area (Å²) < 4.78 is 50.1. The van der Waals surface area contributed by atoms with Gasteiger partial charge in [-0.3, -0.25) is 0 Å². The zero-order valence-corrected chi connectivity index (χ0v) is 11.6. The van der Waals surface area contributed by atoms with E-state index < -0.39 is 23.0 Å². The van der Waals surface area contributed by atoms with Crippen molar-refractivity contribution < 1.29 is 17.2 Å². The van der Waals surface area contributed by atoms with Crippen molar-refractivity contribution in [3.8, 4) is 0 Å². The normalized spacial score (nSPS) is 12.4. The second-order valence-corrected chi connectivity index (χ2v) is 6.39. The molecule has 0 aliphatic heterocycles. The van der Waals surface area contributed by atoms with E-state index in [4.69, 9.17) is 5.73 Å². The maximum absolute atomic E-state index is 12.4. The number of halogens is 2. The topological polar surface area (TPSA) is 63.4 Å². The number of benzene rings is 2. The van der Waals surface area contributed by atoms with Crippen LogP contribution < -0.4 is 5.73 Å². The quantitative estimate of drug-likeness (QED) is 0.881. The summed E-state index contributed by atoms with van der Waals surface area (Å²) in [6.07, 6.45) is -2.73. The summed E-state index contributed by atoms with van der Waals surface area (Å²) in [6.45, 7) is -0.846. The van der Waals surface area contributed by atoms with Crippen molar-refractivity contribution in [3.05, 3.63) is 36.4 Å². The maximum Gasteiger partial charge on any atom is 0.252 e. The molecule has 0 aromatic heterocycles. The first-order valence-electron chi connectivity index (χ1n) is 5.85. The average Bonchev–Trinajstić information content (AvgIpc) is 2.38. The van der Waals surface area contributed by atoms with Crippen LogP contribution in [0.2, 0.25) is 0 Å². The minimum absolute atomic E-state index is 0.0227. The predicted molar refractivity (Wildman–Crippen MR) is 74.2 cm³/mol. The second-order valence-electron chi connectivity index (χ2n) is 4.38. The lowest BCUT2D eigenvalue weighted by Crippen LogP contribution is -2.31. The van der Waals surface area contributed by atoms with Crippen LogP contribution in [0.3, 0.4) is 0 Å². The molecule has 0 atom stereocenters. The first-order valence-corrected chi connectivity index (χ1v) is 7.29. The SMILES string of the molecule is CN(CC(F)F)S(=O)(=O)c1ccc(N)c2ccccc12. The van der Waals surface area contributed by atoms with Gasteiger partial charge in [0.05, 0.1) is 11.4 Å². The Morgan fingerprint density at radius 1 is 1.15 bits per heavy atom. The van der Waals surface area contributed by atoms with Gasteiger partial charge in [0.2, 0.25) is 10.0 Å². The number of anilines is 1. The smallest absolute Gasteiger partial charge is 0.252 e. The molecule has 7 heteroatoms. The lowest BCUT2D eigenvalue weighted by Gasteiger charge is -2.18. The number of rotatable bonds is 4. The first kappa shape index (κ1) is 14.7. The summed E-state index contributed by atoms with van der Waals surface area (Å²) in [5.74, 6) is 0. The number of nitrogens with two attached hydrogens (primary N) is 1. The van der Waals surface area contributed by atoms with E-state index in [0.29, 0.717) is 20.8 Å². The van der Waals surface area contributed by atoms with Crippen molar-refractivity contribution >= 4 is 26.5 Å². The molecular weight excluding hydrogens is 286 g/mol. The van der Waals surface area contributed by atoms with Crippen molar-refractivity contribution in [2.45, 2.75) is 11.3 Å². The molecule has 0 heterocycles. The Morgan fingerprint density at radius 3 is 2.35 bits per heavy atom. The summed E-state index contributed by atoms with van der Waals surface area (Å²) in [5.41, 5.74) is 6.24. The lowest BCUT2D eigenvalue weighted by molar-refractivity contribution is 0.126. The Morgan fingerprint density at radius 2 is 1.75 bits per heavy atom. The Labute approximate surface area is 115 Å². The fraction of sp³-hybridized carbons (Fsp3) is 0.231. The highest BCUT2D eigenvalue weighted by Gasteiger charge is 2.25. The molecule has 20 heavy (non-hydrogen) atoms. The third kappa shape index (κ3) is 2.59. The van der Waals surface area contributed by atoms with Crippen molar-refractivity contribution in [3.63, 3.8) is 0 Å². The molecule has 0 amide bonds. The number of nitrogens with zero attached hydrogens (tertiary/aromatic N) is 1. The van der Waals surface area contributed by atoms with Crippen molar-refractivity contribution in [2.75, 3.05) is 19.3 Å². The number of nitrogen functional groups attached to an aromatic ring is 1. The van der Waals surface area contributed by atoms with Crippen LogP contribution >= 0.6 is 0 Å². The van der Waals surface area contributed by atoms with Gasteiger partial charge in [-0.1, -0.05) is 24.3 Å².